The minimum atomic E-state index is -0.774. The lowest BCUT2D eigenvalue weighted by atomic mass is 10.2. The van der Waals surface area contributed by atoms with Crippen molar-refractivity contribution in [3.63, 3.8) is 0 Å². The lowest BCUT2D eigenvalue weighted by Crippen LogP contribution is -2.35. The number of nitrogens with zero attached hydrogens (tertiary/aromatic N) is 1. The van der Waals surface area contributed by atoms with E-state index in [0.717, 1.165) is 19.6 Å². The first-order chi connectivity index (χ1) is 10.3. The van der Waals surface area contributed by atoms with Crippen LogP contribution in [0.15, 0.2) is 24.3 Å². The van der Waals surface area contributed by atoms with E-state index in [0.29, 0.717) is 0 Å². The fourth-order valence-corrected chi connectivity index (χ4v) is 6.93. The highest BCUT2D eigenvalue weighted by atomic mass is 27.2. The van der Waals surface area contributed by atoms with Crippen LogP contribution in [0.4, 0.5) is 0 Å². The molecule has 0 aromatic heterocycles. The molecule has 1 rings (SSSR count). The molecule has 1 aromatic rings. The zero-order valence-corrected chi connectivity index (χ0v) is 15.9. The summed E-state index contributed by atoms with van der Waals surface area (Å²) in [5.41, 5.74) is 1.62. The van der Waals surface area contributed by atoms with Gasteiger partial charge in [-0.15, -0.1) is 4.43 Å². The fraction of sp³-hybridized carbons (Fsp3) is 0.684. The third-order valence-corrected chi connectivity index (χ3v) is 8.25. The minimum Gasteiger partial charge on any atom is -0.300 e. The van der Waals surface area contributed by atoms with Gasteiger partial charge in [0.2, 0.25) is 0 Å². The minimum absolute atomic E-state index is 0.774. The van der Waals surface area contributed by atoms with Gasteiger partial charge in [-0.25, -0.2) is 0 Å². The van der Waals surface area contributed by atoms with Crippen molar-refractivity contribution in [2.75, 3.05) is 13.1 Å². The predicted octanol–water partition coefficient (Wildman–Crippen LogP) is 4.83. The fourth-order valence-electron chi connectivity index (χ4n) is 3.12. The molecular weight excluding hydrogens is 269 g/mol. The van der Waals surface area contributed by atoms with Gasteiger partial charge in [0.05, 0.1) is 0 Å². The Morgan fingerprint density at radius 3 is 1.95 bits per heavy atom. The number of hydrogen-bond donors (Lipinski definition) is 0. The Morgan fingerprint density at radius 1 is 0.857 bits per heavy atom. The molecule has 0 heterocycles. The smallest absolute Gasteiger partial charge is 0.300 e. The summed E-state index contributed by atoms with van der Waals surface area (Å²) in [4.78, 5) is 2.55. The molecule has 0 bridgehead atoms. The van der Waals surface area contributed by atoms with Crippen molar-refractivity contribution < 1.29 is 0 Å². The van der Waals surface area contributed by atoms with Gasteiger partial charge in [0.1, 0.15) is 0 Å². The van der Waals surface area contributed by atoms with E-state index in [1.807, 2.05) is 0 Å². The molecule has 21 heavy (non-hydrogen) atoms. The largest absolute Gasteiger partial charge is 0.306 e. The van der Waals surface area contributed by atoms with E-state index in [1.165, 1.54) is 36.2 Å². The van der Waals surface area contributed by atoms with Crippen LogP contribution in [-0.4, -0.2) is 32.1 Å². The maximum Gasteiger partial charge on any atom is 0.306 e. The topological polar surface area (TPSA) is 3.24 Å². The van der Waals surface area contributed by atoms with Crippen LogP contribution < -0.4 is 4.43 Å². The van der Waals surface area contributed by atoms with Crippen molar-refractivity contribution >= 4 is 18.6 Å². The Bertz CT molecular complexity index is 366. The highest BCUT2D eigenvalue weighted by Crippen LogP contribution is 2.13. The Balaban J connectivity index is 2.89. The third kappa shape index (κ3) is 6.56. The summed E-state index contributed by atoms with van der Waals surface area (Å²) in [6.07, 6.45) is 5.52. The van der Waals surface area contributed by atoms with E-state index in [9.17, 15) is 0 Å². The molecule has 0 N–H and O–H groups in total. The molecule has 118 valence electrons. The summed E-state index contributed by atoms with van der Waals surface area (Å²) in [6.45, 7) is 12.7. The molecule has 0 amide bonds. The summed E-state index contributed by atoms with van der Waals surface area (Å²) in [5.74, 6) is 0. The summed E-state index contributed by atoms with van der Waals surface area (Å²) < 4.78 is 1.76. The molecule has 0 aliphatic carbocycles. The molecule has 0 fully saturated rings. The van der Waals surface area contributed by atoms with Crippen LogP contribution in [0.3, 0.4) is 0 Å². The van der Waals surface area contributed by atoms with E-state index in [-0.39, 0.29) is 0 Å². The summed E-state index contributed by atoms with van der Waals surface area (Å²) in [5, 5.41) is 2.98. The van der Waals surface area contributed by atoms with Gasteiger partial charge in [0.15, 0.2) is 0 Å². The van der Waals surface area contributed by atoms with Crippen molar-refractivity contribution in [2.45, 2.75) is 70.5 Å². The number of benzene rings is 1. The summed E-state index contributed by atoms with van der Waals surface area (Å²) in [6, 6.07) is 9.32. The lowest BCUT2D eigenvalue weighted by Gasteiger charge is -2.22. The van der Waals surface area contributed by atoms with Crippen LogP contribution >= 0.6 is 0 Å². The van der Waals surface area contributed by atoms with Crippen molar-refractivity contribution in [1.29, 1.82) is 0 Å². The van der Waals surface area contributed by atoms with Crippen molar-refractivity contribution in [3.8, 4) is 0 Å². The van der Waals surface area contributed by atoms with E-state index in [2.05, 4.69) is 56.9 Å². The van der Waals surface area contributed by atoms with E-state index >= 15 is 0 Å². The van der Waals surface area contributed by atoms with Crippen molar-refractivity contribution in [2.24, 2.45) is 0 Å². The predicted molar refractivity (Wildman–Crippen MR) is 97.9 cm³/mol. The van der Waals surface area contributed by atoms with Crippen LogP contribution in [0.25, 0.3) is 0 Å². The van der Waals surface area contributed by atoms with Gasteiger partial charge in [0, 0.05) is 6.54 Å². The van der Waals surface area contributed by atoms with E-state index < -0.39 is 14.1 Å². The average Bonchev–Trinajstić information content (AvgIpc) is 2.53. The highest BCUT2D eigenvalue weighted by molar-refractivity contribution is 6.73. The number of unbranched alkanes of at least 4 members (excludes halogenated alkanes) is 2. The van der Waals surface area contributed by atoms with Gasteiger partial charge in [-0.2, -0.15) is 0 Å². The van der Waals surface area contributed by atoms with E-state index in [1.54, 1.807) is 9.99 Å². The summed E-state index contributed by atoms with van der Waals surface area (Å²) >= 11 is -0.774. The zero-order chi connectivity index (χ0) is 15.5. The van der Waals surface area contributed by atoms with Crippen LogP contribution in [0.1, 0.15) is 58.9 Å². The quantitative estimate of drug-likeness (QED) is 0.529. The molecule has 0 radical (unpaired) electrons. The molecule has 0 atom stereocenters. The Labute approximate surface area is 137 Å². The monoisotopic (exact) mass is 303 g/mol. The lowest BCUT2D eigenvalue weighted by molar-refractivity contribution is 0.296. The average molecular weight is 303 g/mol. The molecule has 0 spiro atoms. The number of rotatable bonds is 11. The van der Waals surface area contributed by atoms with Crippen LogP contribution in [-0.2, 0) is 6.54 Å². The Morgan fingerprint density at radius 2 is 1.43 bits per heavy atom. The molecule has 0 saturated heterocycles. The Kier molecular flexibility index (Phi) is 10.1. The maximum absolute atomic E-state index is 2.55. The normalized spacial score (nSPS) is 11.1. The molecule has 1 nitrogen and oxygen atoms in total. The summed E-state index contributed by atoms with van der Waals surface area (Å²) in [7, 11) is 0. The molecule has 0 aliphatic rings. The third-order valence-electron chi connectivity index (χ3n) is 4.60. The van der Waals surface area contributed by atoms with Crippen molar-refractivity contribution in [3.05, 3.63) is 29.8 Å². The SMILES string of the molecule is CCC[CH2][Al]([CH2]CCC)[c]1ccccc1CN(CC)CC. The first-order valence-electron chi connectivity index (χ1n) is 9.06. The molecule has 0 unspecified atom stereocenters. The highest BCUT2D eigenvalue weighted by Gasteiger charge is 2.21. The Hall–Kier alpha value is -0.288. The van der Waals surface area contributed by atoms with Gasteiger partial charge in [-0.05, 0) is 18.7 Å². The first-order valence-corrected chi connectivity index (χ1v) is 11.3. The van der Waals surface area contributed by atoms with Gasteiger partial charge < -0.3 is 0 Å². The zero-order valence-electron chi connectivity index (χ0n) is 14.7. The van der Waals surface area contributed by atoms with E-state index in [4.69, 9.17) is 0 Å². The van der Waals surface area contributed by atoms with Crippen LogP contribution in [0, 0.1) is 0 Å². The molecule has 2 heteroatoms. The first kappa shape index (κ1) is 18.8. The van der Waals surface area contributed by atoms with Gasteiger partial charge in [0.25, 0.3) is 0 Å². The van der Waals surface area contributed by atoms with Gasteiger partial charge >= 0.3 is 14.1 Å². The molecule has 0 saturated carbocycles. The molecule has 0 aliphatic heterocycles. The van der Waals surface area contributed by atoms with Crippen LogP contribution in [0.2, 0.25) is 10.6 Å². The second-order valence-corrected chi connectivity index (χ2v) is 9.31. The molecule has 1 aromatic carbocycles. The van der Waals surface area contributed by atoms with Gasteiger partial charge in [-0.3, -0.25) is 4.90 Å². The second-order valence-electron chi connectivity index (χ2n) is 6.14. The van der Waals surface area contributed by atoms with Crippen LogP contribution in [0.5, 0.6) is 0 Å². The second kappa shape index (κ2) is 11.3. The van der Waals surface area contributed by atoms with Gasteiger partial charge in [-0.1, -0.05) is 88.2 Å². The standard InChI is InChI=1S/C11H16N.2C4H9.Al/c1-3-12(4-2)10-11-8-6-5-7-9-11;2*1-3-4-2;/h5-8H,3-4,10H2,1-2H3;2*1,3-4H2,2H3;. The van der Waals surface area contributed by atoms with Crippen molar-refractivity contribution in [1.82, 2.24) is 4.90 Å². The number of hydrogen-bond acceptors (Lipinski definition) is 1. The maximum atomic E-state index is 2.55. The molecular formula is C19H34AlN.